The lowest BCUT2D eigenvalue weighted by atomic mass is 9.78. The normalized spacial score (nSPS) is 18.8. The summed E-state index contributed by atoms with van der Waals surface area (Å²) in [6.45, 7) is 16.5. The Morgan fingerprint density at radius 1 is 1.11 bits per heavy atom. The molecule has 8 heteroatoms. The number of methoxy groups -OCH3 is 1. The Hall–Kier alpha value is -1.35. The van der Waals surface area contributed by atoms with E-state index in [1.807, 2.05) is 50.7 Å². The Morgan fingerprint density at radius 2 is 1.75 bits per heavy atom. The average Bonchev–Trinajstić information content (AvgIpc) is 3.06. The van der Waals surface area contributed by atoms with Gasteiger partial charge in [0.25, 0.3) is 0 Å². The van der Waals surface area contributed by atoms with Crippen molar-refractivity contribution in [1.29, 1.82) is 0 Å². The molecule has 0 amide bonds. The van der Waals surface area contributed by atoms with Crippen LogP contribution in [-0.4, -0.2) is 49.9 Å². The largest absolute Gasteiger partial charge is 0.498 e. The summed E-state index contributed by atoms with van der Waals surface area (Å²) in [7, 11) is 0.103. The van der Waals surface area contributed by atoms with E-state index in [1.54, 1.807) is 7.11 Å². The molecule has 154 valence electrons. The molecule has 0 spiro atoms. The van der Waals surface area contributed by atoms with E-state index in [0.717, 1.165) is 34.8 Å². The lowest BCUT2D eigenvalue weighted by Crippen LogP contribution is -2.41. The summed E-state index contributed by atoms with van der Waals surface area (Å²) in [6.07, 6.45) is 2.00. The van der Waals surface area contributed by atoms with Crippen molar-refractivity contribution in [3.8, 4) is 5.75 Å². The van der Waals surface area contributed by atoms with Gasteiger partial charge in [0.15, 0.2) is 0 Å². The van der Waals surface area contributed by atoms with E-state index in [4.69, 9.17) is 18.8 Å². The highest BCUT2D eigenvalue weighted by molar-refractivity contribution is 6.76. The maximum Gasteiger partial charge on any atom is 0.498 e. The highest BCUT2D eigenvalue weighted by Gasteiger charge is 2.52. The molecule has 0 unspecified atom stereocenters. The van der Waals surface area contributed by atoms with Crippen LogP contribution in [0.5, 0.6) is 5.75 Å². The minimum atomic E-state index is -1.08. The third-order valence-corrected chi connectivity index (χ3v) is 7.33. The molecule has 2 heterocycles. The number of benzene rings is 1. The highest BCUT2D eigenvalue weighted by atomic mass is 28.3. The molecule has 0 N–H and O–H groups in total. The standard InChI is InChI=1S/C20H33BN2O4Si/c1-19(2)20(3,4)27-21(26-19)16-11-15-13-23(14-25-9-10-28(6,7)8)22-17(15)12-18(16)24-5/h11-13H,9-10,14H2,1-8H3. The average molecular weight is 404 g/mol. The number of fused-ring (bicyclic) bond motifs is 1. The van der Waals surface area contributed by atoms with Crippen LogP contribution < -0.4 is 10.2 Å². The predicted octanol–water partition coefficient (Wildman–Crippen LogP) is 3.66. The zero-order chi connectivity index (χ0) is 20.7. The van der Waals surface area contributed by atoms with Gasteiger partial charge in [0, 0.05) is 37.8 Å². The maximum atomic E-state index is 6.21. The maximum absolute atomic E-state index is 6.21. The van der Waals surface area contributed by atoms with Crippen molar-refractivity contribution in [2.24, 2.45) is 0 Å². The van der Waals surface area contributed by atoms with Gasteiger partial charge in [-0.3, -0.25) is 0 Å². The fourth-order valence-electron chi connectivity index (χ4n) is 3.05. The molecule has 28 heavy (non-hydrogen) atoms. The molecule has 1 saturated heterocycles. The van der Waals surface area contributed by atoms with Crippen LogP contribution in [0.2, 0.25) is 25.7 Å². The third kappa shape index (κ3) is 4.45. The second-order valence-electron chi connectivity index (χ2n) is 9.76. The molecule has 6 nitrogen and oxygen atoms in total. The smallest absolute Gasteiger partial charge is 0.497 e. The Labute approximate surface area is 169 Å². The lowest BCUT2D eigenvalue weighted by molar-refractivity contribution is 0.00578. The molecule has 1 aromatic heterocycles. The fraction of sp³-hybridized carbons (Fsp3) is 0.650. The minimum absolute atomic E-state index is 0.397. The van der Waals surface area contributed by atoms with Gasteiger partial charge in [-0.25, -0.2) is 4.68 Å². The van der Waals surface area contributed by atoms with Crippen LogP contribution in [0, 0.1) is 0 Å². The van der Waals surface area contributed by atoms with Crippen LogP contribution >= 0.6 is 0 Å². The molecule has 0 radical (unpaired) electrons. The van der Waals surface area contributed by atoms with E-state index in [-0.39, 0.29) is 0 Å². The topological polar surface area (TPSA) is 54.7 Å². The second-order valence-corrected chi connectivity index (χ2v) is 15.4. The van der Waals surface area contributed by atoms with Crippen LogP contribution in [0.15, 0.2) is 18.3 Å². The molecule has 0 atom stereocenters. The number of hydrogen-bond donors (Lipinski definition) is 0. The molecular weight excluding hydrogens is 371 g/mol. The summed E-state index contributed by atoms with van der Waals surface area (Å²) in [6, 6.07) is 5.13. The van der Waals surface area contributed by atoms with E-state index in [9.17, 15) is 0 Å². The van der Waals surface area contributed by atoms with Crippen LogP contribution in [0.25, 0.3) is 10.9 Å². The second kappa shape index (κ2) is 7.48. The van der Waals surface area contributed by atoms with E-state index in [1.165, 1.54) is 0 Å². The first-order valence-corrected chi connectivity index (χ1v) is 13.6. The molecule has 0 aliphatic carbocycles. The van der Waals surface area contributed by atoms with Gasteiger partial charge in [-0.05, 0) is 39.8 Å². The first kappa shape index (κ1) is 21.4. The van der Waals surface area contributed by atoms with Gasteiger partial charge in [-0.1, -0.05) is 19.6 Å². The predicted molar refractivity (Wildman–Crippen MR) is 116 cm³/mol. The quantitative estimate of drug-likeness (QED) is 0.521. The number of hydrogen-bond acceptors (Lipinski definition) is 5. The van der Waals surface area contributed by atoms with Gasteiger partial charge in [-0.2, -0.15) is 5.10 Å². The summed E-state index contributed by atoms with van der Waals surface area (Å²) in [4.78, 5) is 0. The summed E-state index contributed by atoms with van der Waals surface area (Å²) < 4.78 is 25.7. The molecular formula is C20H33BN2O4Si. The highest BCUT2D eigenvalue weighted by Crippen LogP contribution is 2.37. The van der Waals surface area contributed by atoms with E-state index in [2.05, 4.69) is 24.7 Å². The fourth-order valence-corrected chi connectivity index (χ4v) is 3.81. The van der Waals surface area contributed by atoms with Gasteiger partial charge < -0.3 is 18.8 Å². The first-order valence-electron chi connectivity index (χ1n) is 9.90. The van der Waals surface area contributed by atoms with Crippen molar-refractivity contribution in [2.45, 2.75) is 71.3 Å². The Balaban J connectivity index is 1.80. The molecule has 0 saturated carbocycles. The Morgan fingerprint density at radius 3 is 2.32 bits per heavy atom. The molecule has 3 rings (SSSR count). The van der Waals surface area contributed by atoms with Crippen LogP contribution in [0.3, 0.4) is 0 Å². The number of rotatable bonds is 7. The third-order valence-electron chi connectivity index (χ3n) is 5.63. The number of nitrogens with zero attached hydrogens (tertiary/aromatic N) is 2. The van der Waals surface area contributed by atoms with E-state index in [0.29, 0.717) is 6.73 Å². The van der Waals surface area contributed by atoms with E-state index < -0.39 is 26.4 Å². The number of aromatic nitrogens is 2. The van der Waals surface area contributed by atoms with Gasteiger partial charge in [0.1, 0.15) is 12.5 Å². The van der Waals surface area contributed by atoms with Crippen LogP contribution in [-0.2, 0) is 20.8 Å². The summed E-state index contributed by atoms with van der Waals surface area (Å²) in [5.41, 5.74) is 0.955. The van der Waals surface area contributed by atoms with Crippen molar-refractivity contribution >= 4 is 31.6 Å². The van der Waals surface area contributed by atoms with Crippen molar-refractivity contribution < 1.29 is 18.8 Å². The van der Waals surface area contributed by atoms with Crippen molar-refractivity contribution in [3.05, 3.63) is 18.3 Å². The SMILES string of the molecule is COc1cc2nn(COCC[Si](C)(C)C)cc2cc1B1OC(C)(C)C(C)(C)O1. The van der Waals surface area contributed by atoms with Crippen molar-refractivity contribution in [2.75, 3.05) is 13.7 Å². The zero-order valence-corrected chi connectivity index (χ0v) is 19.5. The van der Waals surface area contributed by atoms with Gasteiger partial charge >= 0.3 is 7.12 Å². The van der Waals surface area contributed by atoms with Crippen LogP contribution in [0.4, 0.5) is 0 Å². The van der Waals surface area contributed by atoms with Gasteiger partial charge in [0.2, 0.25) is 0 Å². The van der Waals surface area contributed by atoms with Crippen molar-refractivity contribution in [1.82, 2.24) is 9.78 Å². The van der Waals surface area contributed by atoms with Gasteiger partial charge in [-0.15, -0.1) is 0 Å². The molecule has 2 aromatic rings. The summed E-state index contributed by atoms with van der Waals surface area (Å²) in [5, 5.41) is 5.63. The Kier molecular flexibility index (Phi) is 5.71. The van der Waals surface area contributed by atoms with Crippen LogP contribution in [0.1, 0.15) is 27.7 Å². The van der Waals surface area contributed by atoms with Gasteiger partial charge in [0.05, 0.1) is 23.8 Å². The molecule has 1 aromatic carbocycles. The molecule has 1 aliphatic heterocycles. The Bertz CT molecular complexity index is 829. The summed E-state index contributed by atoms with van der Waals surface area (Å²) >= 11 is 0. The first-order chi connectivity index (χ1) is 12.9. The monoisotopic (exact) mass is 404 g/mol. The minimum Gasteiger partial charge on any atom is -0.497 e. The molecule has 0 bridgehead atoms. The zero-order valence-electron chi connectivity index (χ0n) is 18.5. The van der Waals surface area contributed by atoms with E-state index >= 15 is 0 Å². The molecule has 1 aliphatic rings. The summed E-state index contributed by atoms with van der Waals surface area (Å²) in [5.74, 6) is 0.718. The molecule has 1 fully saturated rings. The van der Waals surface area contributed by atoms with Crippen molar-refractivity contribution in [3.63, 3.8) is 0 Å². The lowest BCUT2D eigenvalue weighted by Gasteiger charge is -2.32. The number of ether oxygens (including phenoxy) is 2.